The number of rotatable bonds is 2. The van der Waals surface area contributed by atoms with Crippen LogP contribution in [0.4, 0.5) is 0 Å². The molecule has 2 heterocycles. The predicted molar refractivity (Wildman–Crippen MR) is 89.4 cm³/mol. The molecule has 1 aliphatic heterocycles. The van der Waals surface area contributed by atoms with E-state index in [0.717, 1.165) is 19.5 Å². The van der Waals surface area contributed by atoms with Crippen LogP contribution in [0.15, 0.2) is 24.4 Å². The van der Waals surface area contributed by atoms with Gasteiger partial charge in [-0.1, -0.05) is 12.1 Å². The van der Waals surface area contributed by atoms with Crippen LogP contribution in [-0.2, 0) is 6.42 Å². The monoisotopic (exact) mass is 300 g/mol. The number of nitrogens with two attached hydrogens (primary N) is 1. The maximum Gasteiger partial charge on any atom is 0.163 e. The summed E-state index contributed by atoms with van der Waals surface area (Å²) >= 11 is 4.91. The van der Waals surface area contributed by atoms with Gasteiger partial charge in [0.1, 0.15) is 0 Å². The molecule has 3 atom stereocenters. The van der Waals surface area contributed by atoms with Crippen molar-refractivity contribution in [1.82, 2.24) is 15.6 Å². The van der Waals surface area contributed by atoms with Gasteiger partial charge in [0.2, 0.25) is 0 Å². The molecule has 110 valence electrons. The van der Waals surface area contributed by atoms with Crippen molar-refractivity contribution in [2.75, 3.05) is 13.1 Å². The van der Waals surface area contributed by atoms with Crippen molar-refractivity contribution in [3.05, 3.63) is 35.5 Å². The van der Waals surface area contributed by atoms with E-state index in [1.165, 1.54) is 28.5 Å². The zero-order valence-electron chi connectivity index (χ0n) is 11.9. The smallest absolute Gasteiger partial charge is 0.163 e. The topological polar surface area (TPSA) is 65.9 Å². The van der Waals surface area contributed by atoms with Crippen molar-refractivity contribution >= 4 is 28.2 Å². The number of aromatic nitrogens is 1. The van der Waals surface area contributed by atoms with E-state index in [-0.39, 0.29) is 0 Å². The molecule has 0 spiro atoms. The first-order valence-electron chi connectivity index (χ1n) is 7.58. The lowest BCUT2D eigenvalue weighted by Crippen LogP contribution is -2.49. The number of benzene rings is 1. The van der Waals surface area contributed by atoms with E-state index < -0.39 is 0 Å². The van der Waals surface area contributed by atoms with Gasteiger partial charge in [-0.15, -0.1) is 0 Å². The molecule has 0 saturated carbocycles. The van der Waals surface area contributed by atoms with E-state index in [4.69, 9.17) is 18.0 Å². The Morgan fingerprint density at radius 2 is 2.33 bits per heavy atom. The number of thiocarbonyl (C=S) groups is 1. The predicted octanol–water partition coefficient (Wildman–Crippen LogP) is 1.62. The number of aromatic amines is 1. The van der Waals surface area contributed by atoms with Crippen LogP contribution in [0.2, 0.25) is 0 Å². The number of H-pyrrole nitrogens is 1. The Kier molecular flexibility index (Phi) is 3.12. The Hall–Kier alpha value is -1.59. The molecule has 4 nitrogen and oxygen atoms in total. The third-order valence-electron chi connectivity index (χ3n) is 4.97. The molecule has 0 radical (unpaired) electrons. The van der Waals surface area contributed by atoms with Gasteiger partial charge in [0.05, 0.1) is 0 Å². The fourth-order valence-corrected chi connectivity index (χ4v) is 4.10. The summed E-state index contributed by atoms with van der Waals surface area (Å²) in [6.07, 6.45) is 4.49. The second kappa shape index (κ2) is 5.00. The summed E-state index contributed by atoms with van der Waals surface area (Å²) < 4.78 is 0. The molecule has 5 N–H and O–H groups in total. The largest absolute Gasteiger partial charge is 0.376 e. The number of hydrogen-bond donors (Lipinski definition) is 4. The van der Waals surface area contributed by atoms with E-state index in [9.17, 15) is 0 Å². The van der Waals surface area contributed by atoms with Gasteiger partial charge < -0.3 is 21.4 Å². The molecule has 1 aliphatic carbocycles. The molecule has 1 fully saturated rings. The zero-order chi connectivity index (χ0) is 14.4. The van der Waals surface area contributed by atoms with Gasteiger partial charge in [0.25, 0.3) is 0 Å². The van der Waals surface area contributed by atoms with Gasteiger partial charge in [-0.05, 0) is 54.7 Å². The second-order valence-corrected chi connectivity index (χ2v) is 6.70. The minimum absolute atomic E-state index is 0.399. The molecule has 5 heteroatoms. The highest BCUT2D eigenvalue weighted by Gasteiger charge is 2.36. The first kappa shape index (κ1) is 13.1. The van der Waals surface area contributed by atoms with Gasteiger partial charge in [-0.2, -0.15) is 0 Å². The molecule has 2 aliphatic rings. The van der Waals surface area contributed by atoms with Crippen molar-refractivity contribution in [2.45, 2.75) is 24.8 Å². The summed E-state index contributed by atoms with van der Waals surface area (Å²) in [5, 5.41) is 8.69. The lowest BCUT2D eigenvalue weighted by Gasteiger charge is -2.40. The third kappa shape index (κ3) is 2.21. The standard InChI is InChI=1S/C16H20N4S/c17-16(21)20-7-9-4-12-11-2-1-3-13-15(11)10(8-19-13)5-14(12)18-6-9/h1-3,8-9,12,14,18-19H,4-7H2,(H3,17,20,21)/t9?,12-,14-/m1/s1. The molecular weight excluding hydrogens is 280 g/mol. The first-order chi connectivity index (χ1) is 10.2. The Morgan fingerprint density at radius 1 is 1.43 bits per heavy atom. The minimum atomic E-state index is 0.399. The molecule has 1 saturated heterocycles. The summed E-state index contributed by atoms with van der Waals surface area (Å²) in [5.41, 5.74) is 9.76. The van der Waals surface area contributed by atoms with Gasteiger partial charge in [0, 0.05) is 35.6 Å². The second-order valence-electron chi connectivity index (χ2n) is 6.26. The van der Waals surface area contributed by atoms with Crippen LogP contribution in [0.5, 0.6) is 0 Å². The van der Waals surface area contributed by atoms with Crippen LogP contribution >= 0.6 is 12.2 Å². The summed E-state index contributed by atoms with van der Waals surface area (Å²) in [6.45, 7) is 1.90. The maximum atomic E-state index is 5.55. The number of hydrogen-bond acceptors (Lipinski definition) is 2. The highest BCUT2D eigenvalue weighted by molar-refractivity contribution is 7.80. The number of nitrogens with one attached hydrogen (secondary N) is 3. The van der Waals surface area contributed by atoms with E-state index in [0.29, 0.717) is 23.0 Å². The Morgan fingerprint density at radius 3 is 3.19 bits per heavy atom. The van der Waals surface area contributed by atoms with E-state index in [1.54, 1.807) is 0 Å². The van der Waals surface area contributed by atoms with Crippen LogP contribution in [0.25, 0.3) is 10.9 Å². The van der Waals surface area contributed by atoms with Crippen LogP contribution in [0.3, 0.4) is 0 Å². The quantitative estimate of drug-likeness (QED) is 0.636. The van der Waals surface area contributed by atoms with E-state index in [1.807, 2.05) is 0 Å². The van der Waals surface area contributed by atoms with Crippen LogP contribution < -0.4 is 16.4 Å². The van der Waals surface area contributed by atoms with E-state index in [2.05, 4.69) is 40.0 Å². The van der Waals surface area contributed by atoms with Crippen LogP contribution in [0.1, 0.15) is 23.5 Å². The fourth-order valence-electron chi connectivity index (χ4n) is 4.02. The molecule has 21 heavy (non-hydrogen) atoms. The average molecular weight is 300 g/mol. The van der Waals surface area contributed by atoms with Crippen LogP contribution in [-0.4, -0.2) is 29.2 Å². The molecule has 4 rings (SSSR count). The van der Waals surface area contributed by atoms with Gasteiger partial charge in [-0.25, -0.2) is 0 Å². The minimum Gasteiger partial charge on any atom is -0.376 e. The van der Waals surface area contributed by atoms with Crippen molar-refractivity contribution in [2.24, 2.45) is 11.7 Å². The van der Waals surface area contributed by atoms with Gasteiger partial charge in [0.15, 0.2) is 5.11 Å². The Balaban J connectivity index is 1.63. The molecule has 1 aromatic carbocycles. The number of fused-ring (bicyclic) bond motifs is 2. The summed E-state index contributed by atoms with van der Waals surface area (Å²) in [4.78, 5) is 3.41. The van der Waals surface area contributed by atoms with Crippen molar-refractivity contribution in [1.29, 1.82) is 0 Å². The average Bonchev–Trinajstić information content (AvgIpc) is 2.90. The van der Waals surface area contributed by atoms with E-state index >= 15 is 0 Å². The highest BCUT2D eigenvalue weighted by atomic mass is 32.1. The number of piperidine rings is 1. The summed E-state index contributed by atoms with van der Waals surface area (Å²) in [6, 6.07) is 7.18. The molecule has 0 amide bonds. The lowest BCUT2D eigenvalue weighted by molar-refractivity contribution is 0.268. The SMILES string of the molecule is NC(=S)NCC1CN[C@@H]2Cc3c[nH]c4cccc(c34)[C@H]2C1. The van der Waals surface area contributed by atoms with Crippen molar-refractivity contribution < 1.29 is 0 Å². The fraction of sp³-hybridized carbons (Fsp3) is 0.438. The van der Waals surface area contributed by atoms with Gasteiger partial charge in [-0.3, -0.25) is 0 Å². The molecule has 1 unspecified atom stereocenters. The zero-order valence-corrected chi connectivity index (χ0v) is 12.7. The normalized spacial score (nSPS) is 27.3. The highest BCUT2D eigenvalue weighted by Crippen LogP contribution is 2.41. The molecule has 1 aromatic heterocycles. The van der Waals surface area contributed by atoms with Crippen molar-refractivity contribution in [3.8, 4) is 0 Å². The Labute approximate surface area is 129 Å². The maximum absolute atomic E-state index is 5.55. The van der Waals surface area contributed by atoms with Crippen LogP contribution in [0, 0.1) is 5.92 Å². The lowest BCUT2D eigenvalue weighted by atomic mass is 9.73. The molecule has 2 aromatic rings. The Bertz CT molecular complexity index is 693. The first-order valence-corrected chi connectivity index (χ1v) is 7.99. The summed E-state index contributed by atoms with van der Waals surface area (Å²) in [5.74, 6) is 1.16. The van der Waals surface area contributed by atoms with Crippen molar-refractivity contribution in [3.63, 3.8) is 0 Å². The summed E-state index contributed by atoms with van der Waals surface area (Å²) in [7, 11) is 0. The van der Waals surface area contributed by atoms with Gasteiger partial charge >= 0.3 is 0 Å². The molecule has 0 bridgehead atoms. The molecular formula is C16H20N4S. The third-order valence-corrected chi connectivity index (χ3v) is 5.11.